The maximum atomic E-state index is 11.8. The number of nitrogens with two attached hydrogens (primary N) is 1. The minimum Gasteiger partial charge on any atom is -0.340 e. The summed E-state index contributed by atoms with van der Waals surface area (Å²) in [6.45, 7) is 3.16. The third kappa shape index (κ3) is 4.07. The minimum atomic E-state index is -0.633. The lowest BCUT2D eigenvalue weighted by atomic mass is 10.1. The van der Waals surface area contributed by atoms with Gasteiger partial charge in [0.2, 0.25) is 11.8 Å². The Morgan fingerprint density at radius 3 is 2.68 bits per heavy atom. The second-order valence-electron chi connectivity index (χ2n) is 4.85. The molecule has 1 fully saturated rings. The van der Waals surface area contributed by atoms with E-state index in [2.05, 4.69) is 11.2 Å². The Morgan fingerprint density at radius 2 is 2.26 bits per heavy atom. The molecule has 3 atom stereocenters. The smallest absolute Gasteiger partial charge is 0.240 e. The van der Waals surface area contributed by atoms with Crippen LogP contribution in [0.25, 0.3) is 0 Å². The molecule has 3 N–H and O–H groups in total. The normalized spacial score (nSPS) is 23.9. The van der Waals surface area contributed by atoms with Crippen molar-refractivity contribution in [3.63, 3.8) is 0 Å². The zero-order chi connectivity index (χ0) is 14.6. The number of terminal acetylenes is 1. The highest BCUT2D eigenvalue weighted by molar-refractivity contribution is 5.89. The van der Waals surface area contributed by atoms with Gasteiger partial charge in [-0.2, -0.15) is 0 Å². The Kier molecular flexibility index (Phi) is 5.07. The van der Waals surface area contributed by atoms with Crippen molar-refractivity contribution in [2.24, 2.45) is 5.73 Å². The van der Waals surface area contributed by atoms with Crippen molar-refractivity contribution in [1.29, 1.82) is 0 Å². The maximum Gasteiger partial charge on any atom is 0.240 e. The van der Waals surface area contributed by atoms with E-state index in [4.69, 9.17) is 12.2 Å². The molecule has 1 aliphatic rings. The SMILES string of the molecule is C#CC(CC(C)=O)NC(=O)CN1C(=O)C(N)CC1C. The minimum absolute atomic E-state index is 0.0645. The number of carbonyl (C=O) groups is 3. The maximum absolute atomic E-state index is 11.8. The van der Waals surface area contributed by atoms with Gasteiger partial charge in [0, 0.05) is 12.5 Å². The van der Waals surface area contributed by atoms with Gasteiger partial charge in [0.15, 0.2) is 0 Å². The van der Waals surface area contributed by atoms with Crippen molar-refractivity contribution in [2.75, 3.05) is 6.54 Å². The highest BCUT2D eigenvalue weighted by Crippen LogP contribution is 2.16. The van der Waals surface area contributed by atoms with Crippen LogP contribution in [0.1, 0.15) is 26.7 Å². The van der Waals surface area contributed by atoms with Crippen molar-refractivity contribution in [3.8, 4) is 12.3 Å². The second-order valence-corrected chi connectivity index (χ2v) is 4.85. The molecular formula is C13H19N3O3. The van der Waals surface area contributed by atoms with Crippen molar-refractivity contribution in [1.82, 2.24) is 10.2 Å². The lowest BCUT2D eigenvalue weighted by Gasteiger charge is -2.21. The Bertz CT molecular complexity index is 427. The first kappa shape index (κ1) is 15.2. The number of Topliss-reactive ketones (excluding diaryl/α,β-unsaturated/α-hetero) is 1. The van der Waals surface area contributed by atoms with E-state index in [-0.39, 0.29) is 36.6 Å². The van der Waals surface area contributed by atoms with E-state index in [0.29, 0.717) is 6.42 Å². The first-order valence-corrected chi connectivity index (χ1v) is 6.16. The van der Waals surface area contributed by atoms with Crippen molar-refractivity contribution < 1.29 is 14.4 Å². The molecular weight excluding hydrogens is 246 g/mol. The van der Waals surface area contributed by atoms with Crippen LogP contribution in [0.5, 0.6) is 0 Å². The van der Waals surface area contributed by atoms with Gasteiger partial charge in [0.25, 0.3) is 0 Å². The summed E-state index contributed by atoms with van der Waals surface area (Å²) in [6, 6.07) is -1.24. The number of rotatable bonds is 5. The monoisotopic (exact) mass is 265 g/mol. The molecule has 1 saturated heterocycles. The Hall–Kier alpha value is -1.87. The third-order valence-electron chi connectivity index (χ3n) is 3.07. The van der Waals surface area contributed by atoms with Gasteiger partial charge in [-0.05, 0) is 20.3 Å². The summed E-state index contributed by atoms with van der Waals surface area (Å²) < 4.78 is 0. The number of carbonyl (C=O) groups excluding carboxylic acids is 3. The fraction of sp³-hybridized carbons (Fsp3) is 0.615. The highest BCUT2D eigenvalue weighted by Gasteiger charge is 2.35. The number of ketones is 1. The summed E-state index contributed by atoms with van der Waals surface area (Å²) in [5.74, 6) is 1.63. The van der Waals surface area contributed by atoms with Gasteiger partial charge in [-0.25, -0.2) is 0 Å². The van der Waals surface area contributed by atoms with Crippen LogP contribution in [0.2, 0.25) is 0 Å². The molecule has 6 heteroatoms. The van der Waals surface area contributed by atoms with E-state index >= 15 is 0 Å². The number of hydrogen-bond donors (Lipinski definition) is 2. The van der Waals surface area contributed by atoms with E-state index in [9.17, 15) is 14.4 Å². The van der Waals surface area contributed by atoms with Crippen LogP contribution in [0.3, 0.4) is 0 Å². The predicted octanol–water partition coefficient (Wildman–Crippen LogP) is -0.968. The molecule has 1 rings (SSSR count). The average Bonchev–Trinajstić information content (AvgIpc) is 2.54. The molecule has 0 aromatic carbocycles. The highest BCUT2D eigenvalue weighted by atomic mass is 16.2. The van der Waals surface area contributed by atoms with Crippen LogP contribution in [0.4, 0.5) is 0 Å². The molecule has 2 amide bonds. The fourth-order valence-electron chi connectivity index (χ4n) is 2.09. The lowest BCUT2D eigenvalue weighted by molar-refractivity contribution is -0.135. The van der Waals surface area contributed by atoms with E-state index in [1.165, 1.54) is 11.8 Å². The van der Waals surface area contributed by atoms with Crippen molar-refractivity contribution in [2.45, 2.75) is 44.8 Å². The Labute approximate surface area is 112 Å². The molecule has 0 aliphatic carbocycles. The first-order chi connectivity index (χ1) is 8.85. The van der Waals surface area contributed by atoms with Gasteiger partial charge in [-0.1, -0.05) is 5.92 Å². The number of nitrogens with one attached hydrogen (secondary N) is 1. The summed E-state index contributed by atoms with van der Waals surface area (Å²) in [5.41, 5.74) is 5.63. The summed E-state index contributed by atoms with van der Waals surface area (Å²) in [6.07, 6.45) is 5.87. The molecule has 0 bridgehead atoms. The molecule has 0 aromatic heterocycles. The third-order valence-corrected chi connectivity index (χ3v) is 3.07. The van der Waals surface area contributed by atoms with E-state index in [1.807, 2.05) is 6.92 Å². The zero-order valence-electron chi connectivity index (χ0n) is 11.2. The summed E-state index contributed by atoms with van der Waals surface area (Å²) >= 11 is 0. The van der Waals surface area contributed by atoms with Crippen LogP contribution in [-0.2, 0) is 14.4 Å². The van der Waals surface area contributed by atoms with Crippen LogP contribution in [0.15, 0.2) is 0 Å². The fourth-order valence-corrected chi connectivity index (χ4v) is 2.09. The predicted molar refractivity (Wildman–Crippen MR) is 69.8 cm³/mol. The molecule has 6 nitrogen and oxygen atoms in total. The Morgan fingerprint density at radius 1 is 1.63 bits per heavy atom. The molecule has 1 aliphatic heterocycles. The van der Waals surface area contributed by atoms with E-state index in [0.717, 1.165) is 0 Å². The molecule has 0 radical (unpaired) electrons. The molecule has 104 valence electrons. The van der Waals surface area contributed by atoms with E-state index < -0.39 is 12.1 Å². The summed E-state index contributed by atoms with van der Waals surface area (Å²) in [5, 5.41) is 2.55. The largest absolute Gasteiger partial charge is 0.340 e. The van der Waals surface area contributed by atoms with E-state index in [1.54, 1.807) is 0 Å². The first-order valence-electron chi connectivity index (χ1n) is 6.16. The molecule has 0 saturated carbocycles. The number of nitrogens with zero attached hydrogens (tertiary/aromatic N) is 1. The summed E-state index contributed by atoms with van der Waals surface area (Å²) in [7, 11) is 0. The molecule has 3 unspecified atom stereocenters. The van der Waals surface area contributed by atoms with Gasteiger partial charge < -0.3 is 16.0 Å². The quantitative estimate of drug-likeness (QED) is 0.626. The van der Waals surface area contributed by atoms with Crippen molar-refractivity contribution in [3.05, 3.63) is 0 Å². The number of likely N-dealkylation sites (tertiary alicyclic amines) is 1. The second kappa shape index (κ2) is 6.34. The van der Waals surface area contributed by atoms with Crippen LogP contribution < -0.4 is 11.1 Å². The zero-order valence-corrected chi connectivity index (χ0v) is 11.2. The molecule has 1 heterocycles. The topological polar surface area (TPSA) is 92.5 Å². The van der Waals surface area contributed by atoms with Gasteiger partial charge in [-0.3, -0.25) is 14.4 Å². The molecule has 0 aromatic rings. The van der Waals surface area contributed by atoms with Gasteiger partial charge >= 0.3 is 0 Å². The molecule has 0 spiro atoms. The van der Waals surface area contributed by atoms with Crippen LogP contribution in [-0.4, -0.2) is 47.2 Å². The number of amides is 2. The molecule has 19 heavy (non-hydrogen) atoms. The van der Waals surface area contributed by atoms with Crippen LogP contribution >= 0.6 is 0 Å². The standard InChI is InChI=1S/C13H19N3O3/c1-4-10(6-9(3)17)15-12(18)7-16-8(2)5-11(14)13(16)19/h1,8,10-11H,5-7,14H2,2-3H3,(H,15,18). The van der Waals surface area contributed by atoms with Gasteiger partial charge in [-0.15, -0.1) is 6.42 Å². The van der Waals surface area contributed by atoms with Crippen molar-refractivity contribution >= 4 is 17.6 Å². The lowest BCUT2D eigenvalue weighted by Crippen LogP contribution is -2.45. The van der Waals surface area contributed by atoms with Gasteiger partial charge in [0.1, 0.15) is 5.78 Å². The Balaban J connectivity index is 2.53. The average molecular weight is 265 g/mol. The van der Waals surface area contributed by atoms with Crippen LogP contribution in [0, 0.1) is 12.3 Å². The summed E-state index contributed by atoms with van der Waals surface area (Å²) in [4.78, 5) is 35.9. The number of hydrogen-bond acceptors (Lipinski definition) is 4. The van der Waals surface area contributed by atoms with Gasteiger partial charge in [0.05, 0.1) is 18.6 Å².